The Morgan fingerprint density at radius 1 is 1.23 bits per heavy atom. The van der Waals surface area contributed by atoms with E-state index in [0.717, 1.165) is 11.3 Å². The molecule has 2 N–H and O–H groups in total. The first-order valence-corrected chi connectivity index (χ1v) is 7.48. The number of anilines is 1. The van der Waals surface area contributed by atoms with Gasteiger partial charge in [-0.3, -0.25) is 4.79 Å². The van der Waals surface area contributed by atoms with Crippen LogP contribution in [0.3, 0.4) is 0 Å². The normalized spacial score (nSPS) is 20.2. The maximum Gasteiger partial charge on any atom is 0.394 e. The minimum Gasteiger partial charge on any atom is -0.481 e. The van der Waals surface area contributed by atoms with Crippen LogP contribution >= 0.6 is 0 Å². The Morgan fingerprint density at radius 2 is 1.92 bits per heavy atom. The van der Waals surface area contributed by atoms with Gasteiger partial charge in [0, 0.05) is 24.3 Å². The Balaban J connectivity index is 1.67. The SMILES string of the molecule is O=C(O)[C@@H]1CN(C(=O)Nc2ccc(-c3ncon3)cc2)C[C@H]1C(F)(F)F. The number of rotatable bonds is 3. The summed E-state index contributed by atoms with van der Waals surface area (Å²) < 4.78 is 43.5. The maximum absolute atomic E-state index is 13.0. The lowest BCUT2D eigenvalue weighted by atomic mass is 9.96. The molecular weight excluding hydrogens is 357 g/mol. The van der Waals surface area contributed by atoms with E-state index in [2.05, 4.69) is 20.0 Å². The summed E-state index contributed by atoms with van der Waals surface area (Å²) >= 11 is 0. The van der Waals surface area contributed by atoms with Gasteiger partial charge in [0.05, 0.1) is 11.8 Å². The van der Waals surface area contributed by atoms with Crippen LogP contribution in [0.4, 0.5) is 23.7 Å². The van der Waals surface area contributed by atoms with E-state index in [1.807, 2.05) is 0 Å². The standard InChI is InChI=1S/C15H13F3N4O4/c16-15(17,18)11-6-22(5-10(11)13(23)24)14(25)20-9-3-1-8(2-4-9)12-19-7-26-21-12/h1-4,7,10-11H,5-6H2,(H,20,25)(H,23,24)/t10-,11-/m1/s1. The highest BCUT2D eigenvalue weighted by atomic mass is 19.4. The van der Waals surface area contributed by atoms with Gasteiger partial charge in [-0.15, -0.1) is 0 Å². The summed E-state index contributed by atoms with van der Waals surface area (Å²) in [4.78, 5) is 28.0. The second kappa shape index (κ2) is 6.65. The highest BCUT2D eigenvalue weighted by Gasteiger charge is 2.53. The van der Waals surface area contributed by atoms with Crippen LogP contribution in [-0.2, 0) is 4.79 Å². The number of aliphatic carboxylic acids is 1. The van der Waals surface area contributed by atoms with Crippen LogP contribution in [0.5, 0.6) is 0 Å². The number of hydrogen-bond acceptors (Lipinski definition) is 5. The number of urea groups is 1. The average Bonchev–Trinajstić information content (AvgIpc) is 3.25. The second-order valence-corrected chi connectivity index (χ2v) is 5.76. The van der Waals surface area contributed by atoms with Gasteiger partial charge in [0.2, 0.25) is 12.2 Å². The average molecular weight is 370 g/mol. The Hall–Kier alpha value is -3.11. The largest absolute Gasteiger partial charge is 0.481 e. The lowest BCUT2D eigenvalue weighted by Crippen LogP contribution is -2.35. The first-order chi connectivity index (χ1) is 12.3. The number of likely N-dealkylation sites (tertiary alicyclic amines) is 1. The van der Waals surface area contributed by atoms with Crippen molar-refractivity contribution in [2.24, 2.45) is 11.8 Å². The van der Waals surface area contributed by atoms with Gasteiger partial charge in [-0.1, -0.05) is 5.16 Å². The van der Waals surface area contributed by atoms with Gasteiger partial charge in [0.1, 0.15) is 0 Å². The molecule has 3 rings (SSSR count). The Morgan fingerprint density at radius 3 is 2.42 bits per heavy atom. The predicted molar refractivity (Wildman–Crippen MR) is 81.0 cm³/mol. The molecule has 11 heteroatoms. The molecule has 0 unspecified atom stereocenters. The van der Waals surface area contributed by atoms with Crippen LogP contribution in [0.1, 0.15) is 0 Å². The molecule has 1 aliphatic rings. The molecule has 0 aliphatic carbocycles. The first kappa shape index (κ1) is 17.7. The molecule has 1 aliphatic heterocycles. The quantitative estimate of drug-likeness (QED) is 0.859. The monoisotopic (exact) mass is 370 g/mol. The summed E-state index contributed by atoms with van der Waals surface area (Å²) in [5.41, 5.74) is 0.963. The third-order valence-corrected chi connectivity index (χ3v) is 4.10. The van der Waals surface area contributed by atoms with E-state index in [-0.39, 0.29) is 0 Å². The molecule has 0 radical (unpaired) electrons. The van der Waals surface area contributed by atoms with Gasteiger partial charge in [-0.05, 0) is 24.3 Å². The van der Waals surface area contributed by atoms with Crippen molar-refractivity contribution >= 4 is 17.7 Å². The summed E-state index contributed by atoms with van der Waals surface area (Å²) in [6.45, 7) is -1.21. The van der Waals surface area contributed by atoms with Crippen molar-refractivity contribution in [2.75, 3.05) is 18.4 Å². The first-order valence-electron chi connectivity index (χ1n) is 7.48. The van der Waals surface area contributed by atoms with Crippen molar-refractivity contribution < 1.29 is 32.4 Å². The summed E-state index contributed by atoms with van der Waals surface area (Å²) in [6, 6.07) is 5.45. The highest BCUT2D eigenvalue weighted by Crippen LogP contribution is 2.37. The summed E-state index contributed by atoms with van der Waals surface area (Å²) in [7, 11) is 0. The maximum atomic E-state index is 13.0. The van der Waals surface area contributed by atoms with Gasteiger partial charge in [0.25, 0.3) is 0 Å². The van der Waals surface area contributed by atoms with Crippen LogP contribution in [-0.4, -0.2) is 51.4 Å². The fourth-order valence-corrected chi connectivity index (χ4v) is 2.75. The predicted octanol–water partition coefficient (Wildman–Crippen LogP) is 2.46. The number of aromatic nitrogens is 2. The van der Waals surface area contributed by atoms with E-state index in [1.165, 1.54) is 12.1 Å². The lowest BCUT2D eigenvalue weighted by Gasteiger charge is -2.18. The van der Waals surface area contributed by atoms with Crippen LogP contribution < -0.4 is 5.32 Å². The third-order valence-electron chi connectivity index (χ3n) is 4.10. The van der Waals surface area contributed by atoms with Gasteiger partial charge in [-0.2, -0.15) is 18.2 Å². The van der Waals surface area contributed by atoms with Crippen molar-refractivity contribution in [3.63, 3.8) is 0 Å². The minimum atomic E-state index is -4.69. The van der Waals surface area contributed by atoms with Gasteiger partial charge < -0.3 is 19.8 Å². The number of hydrogen-bond donors (Lipinski definition) is 2. The number of carbonyl (C=O) groups excluding carboxylic acids is 1. The Kier molecular flexibility index (Phi) is 4.53. The highest BCUT2D eigenvalue weighted by molar-refractivity contribution is 5.90. The number of benzene rings is 1. The topological polar surface area (TPSA) is 109 Å². The minimum absolute atomic E-state index is 0.338. The molecule has 0 saturated carbocycles. The van der Waals surface area contributed by atoms with Crippen molar-refractivity contribution in [3.8, 4) is 11.4 Å². The van der Waals surface area contributed by atoms with Crippen molar-refractivity contribution in [2.45, 2.75) is 6.18 Å². The fourth-order valence-electron chi connectivity index (χ4n) is 2.75. The zero-order valence-electron chi connectivity index (χ0n) is 13.1. The molecule has 0 spiro atoms. The van der Waals surface area contributed by atoms with Gasteiger partial charge in [0.15, 0.2) is 0 Å². The van der Waals surface area contributed by atoms with Crippen LogP contribution in [0.15, 0.2) is 35.2 Å². The smallest absolute Gasteiger partial charge is 0.394 e. The molecule has 2 heterocycles. The molecule has 138 valence electrons. The second-order valence-electron chi connectivity index (χ2n) is 5.76. The van der Waals surface area contributed by atoms with E-state index in [9.17, 15) is 22.8 Å². The van der Waals surface area contributed by atoms with Gasteiger partial charge >= 0.3 is 18.2 Å². The molecule has 1 aromatic carbocycles. The van der Waals surface area contributed by atoms with E-state index >= 15 is 0 Å². The number of carboxylic acid groups (broad SMARTS) is 1. The van der Waals surface area contributed by atoms with E-state index in [1.54, 1.807) is 12.1 Å². The molecule has 1 fully saturated rings. The fraction of sp³-hybridized carbons (Fsp3) is 0.333. The Labute approximate surface area is 144 Å². The number of amides is 2. The molecule has 2 aromatic rings. The number of nitrogens with one attached hydrogen (secondary N) is 1. The molecule has 1 saturated heterocycles. The van der Waals surface area contributed by atoms with Crippen molar-refractivity contribution in [1.82, 2.24) is 15.0 Å². The van der Waals surface area contributed by atoms with E-state index in [0.29, 0.717) is 17.1 Å². The number of carbonyl (C=O) groups is 2. The number of halogens is 3. The molecule has 8 nitrogen and oxygen atoms in total. The molecule has 1 aromatic heterocycles. The van der Waals surface area contributed by atoms with Crippen LogP contribution in [0.2, 0.25) is 0 Å². The molecular formula is C15H13F3N4O4. The summed E-state index contributed by atoms with van der Waals surface area (Å²) in [6.07, 6.45) is -3.53. The lowest BCUT2D eigenvalue weighted by molar-refractivity contribution is -0.187. The van der Waals surface area contributed by atoms with Crippen molar-refractivity contribution in [1.29, 1.82) is 0 Å². The number of nitrogens with zero attached hydrogens (tertiary/aromatic N) is 3. The Bertz CT molecular complexity index is 792. The third kappa shape index (κ3) is 3.60. The summed E-state index contributed by atoms with van der Waals surface area (Å²) in [5.74, 6) is -5.00. The molecule has 0 bridgehead atoms. The van der Waals surface area contributed by atoms with Crippen LogP contribution in [0.25, 0.3) is 11.4 Å². The van der Waals surface area contributed by atoms with Crippen LogP contribution in [0, 0.1) is 11.8 Å². The molecule has 2 atom stereocenters. The number of alkyl halides is 3. The zero-order chi connectivity index (χ0) is 18.9. The van der Waals surface area contributed by atoms with E-state index < -0.39 is 43.1 Å². The van der Waals surface area contributed by atoms with Gasteiger partial charge in [-0.25, -0.2) is 4.79 Å². The zero-order valence-corrected chi connectivity index (χ0v) is 13.1. The molecule has 2 amide bonds. The summed E-state index contributed by atoms with van der Waals surface area (Å²) in [5, 5.41) is 15.1. The van der Waals surface area contributed by atoms with E-state index in [4.69, 9.17) is 5.11 Å². The van der Waals surface area contributed by atoms with Crippen molar-refractivity contribution in [3.05, 3.63) is 30.7 Å². The molecule has 26 heavy (non-hydrogen) atoms. The number of carboxylic acids is 1.